The van der Waals surface area contributed by atoms with Gasteiger partial charge in [-0.05, 0) is 67.5 Å². The molecule has 1 atom stereocenters. The number of phenols is 1. The Morgan fingerprint density at radius 2 is 1.51 bits per heavy atom. The molecule has 4 aromatic rings. The highest BCUT2D eigenvalue weighted by atomic mass is 16.5. The van der Waals surface area contributed by atoms with Crippen molar-refractivity contribution in [3.05, 3.63) is 103 Å². The summed E-state index contributed by atoms with van der Waals surface area (Å²) < 4.78 is 6.12. The number of carbonyl (C=O) groups excluding carboxylic acids is 1. The highest BCUT2D eigenvalue weighted by Crippen LogP contribution is 2.29. The number of aromatic nitrogens is 1. The number of aromatic hydroxyl groups is 1. The van der Waals surface area contributed by atoms with Gasteiger partial charge >= 0.3 is 0 Å². The van der Waals surface area contributed by atoms with E-state index in [-0.39, 0.29) is 17.7 Å². The van der Waals surface area contributed by atoms with Crippen LogP contribution >= 0.6 is 0 Å². The first-order valence-corrected chi connectivity index (χ1v) is 13.6. The SMILES string of the molecule is CC(Cc1ccc(O)cc1)NC(=O)C(C)(C)CCCCOc1cc(-c2ccccc2)cc(-c2ccccc2)n1. The van der Waals surface area contributed by atoms with Gasteiger partial charge in [0, 0.05) is 23.1 Å². The second kappa shape index (κ2) is 13.1. The van der Waals surface area contributed by atoms with Gasteiger partial charge in [0.15, 0.2) is 0 Å². The predicted molar refractivity (Wildman–Crippen MR) is 158 cm³/mol. The Labute approximate surface area is 231 Å². The third-order valence-corrected chi connectivity index (χ3v) is 6.89. The monoisotopic (exact) mass is 522 g/mol. The summed E-state index contributed by atoms with van der Waals surface area (Å²) in [7, 11) is 0. The average molecular weight is 523 g/mol. The Bertz CT molecular complexity index is 1280. The van der Waals surface area contributed by atoms with Crippen LogP contribution in [0.3, 0.4) is 0 Å². The van der Waals surface area contributed by atoms with E-state index in [4.69, 9.17) is 9.72 Å². The van der Waals surface area contributed by atoms with Gasteiger partial charge in [0.2, 0.25) is 11.8 Å². The minimum Gasteiger partial charge on any atom is -0.508 e. The van der Waals surface area contributed by atoms with Gasteiger partial charge in [-0.2, -0.15) is 0 Å². The molecule has 0 fully saturated rings. The van der Waals surface area contributed by atoms with E-state index in [0.717, 1.165) is 53.6 Å². The molecule has 3 aromatic carbocycles. The molecule has 39 heavy (non-hydrogen) atoms. The van der Waals surface area contributed by atoms with Gasteiger partial charge in [-0.15, -0.1) is 0 Å². The van der Waals surface area contributed by atoms with Crippen molar-refractivity contribution in [1.82, 2.24) is 10.3 Å². The van der Waals surface area contributed by atoms with E-state index in [9.17, 15) is 9.90 Å². The Kier molecular flexibility index (Phi) is 9.37. The molecular formula is C34H38N2O3. The number of benzene rings is 3. The highest BCUT2D eigenvalue weighted by Gasteiger charge is 2.28. The van der Waals surface area contributed by atoms with Crippen LogP contribution in [0, 0.1) is 5.41 Å². The van der Waals surface area contributed by atoms with Gasteiger partial charge in [-0.25, -0.2) is 4.98 Å². The van der Waals surface area contributed by atoms with Crippen LogP contribution in [0.2, 0.25) is 0 Å². The summed E-state index contributed by atoms with van der Waals surface area (Å²) in [6.07, 6.45) is 3.19. The van der Waals surface area contributed by atoms with Crippen molar-refractivity contribution in [3.63, 3.8) is 0 Å². The topological polar surface area (TPSA) is 71.5 Å². The van der Waals surface area contributed by atoms with Gasteiger partial charge in [0.05, 0.1) is 12.3 Å². The zero-order valence-corrected chi connectivity index (χ0v) is 23.1. The third-order valence-electron chi connectivity index (χ3n) is 6.89. The van der Waals surface area contributed by atoms with E-state index in [1.807, 2.05) is 75.4 Å². The summed E-state index contributed by atoms with van der Waals surface area (Å²) in [6.45, 7) is 6.53. The molecule has 0 spiro atoms. The van der Waals surface area contributed by atoms with E-state index in [1.165, 1.54) is 0 Å². The highest BCUT2D eigenvalue weighted by molar-refractivity contribution is 5.82. The number of pyridine rings is 1. The maximum atomic E-state index is 13.0. The van der Waals surface area contributed by atoms with Gasteiger partial charge in [0.1, 0.15) is 5.75 Å². The molecule has 0 aliphatic rings. The molecule has 5 heteroatoms. The van der Waals surface area contributed by atoms with Crippen molar-refractivity contribution < 1.29 is 14.6 Å². The maximum absolute atomic E-state index is 13.0. The summed E-state index contributed by atoms with van der Waals surface area (Å²) in [5.41, 5.74) is 4.72. The fourth-order valence-electron chi connectivity index (χ4n) is 4.55. The third kappa shape index (κ3) is 8.18. The zero-order chi connectivity index (χ0) is 27.7. The molecule has 0 saturated carbocycles. The van der Waals surface area contributed by atoms with Crippen LogP contribution < -0.4 is 10.1 Å². The lowest BCUT2D eigenvalue weighted by Gasteiger charge is -2.26. The zero-order valence-electron chi connectivity index (χ0n) is 23.1. The van der Waals surface area contributed by atoms with Crippen molar-refractivity contribution in [3.8, 4) is 34.0 Å². The number of unbranched alkanes of at least 4 members (excludes halogenated alkanes) is 1. The molecule has 0 aliphatic carbocycles. The smallest absolute Gasteiger partial charge is 0.225 e. The first-order chi connectivity index (χ1) is 18.8. The van der Waals surface area contributed by atoms with Gasteiger partial charge in [-0.3, -0.25) is 4.79 Å². The lowest BCUT2D eigenvalue weighted by molar-refractivity contribution is -0.130. The summed E-state index contributed by atoms with van der Waals surface area (Å²) >= 11 is 0. The lowest BCUT2D eigenvalue weighted by Crippen LogP contribution is -2.42. The minimum atomic E-state index is -0.477. The molecule has 0 saturated heterocycles. The molecule has 5 nitrogen and oxygen atoms in total. The Morgan fingerprint density at radius 1 is 0.872 bits per heavy atom. The first kappa shape index (κ1) is 27.9. The van der Waals surface area contributed by atoms with Crippen LogP contribution in [0.25, 0.3) is 22.4 Å². The molecule has 0 bridgehead atoms. The summed E-state index contributed by atoms with van der Waals surface area (Å²) in [6, 6.07) is 31.6. The summed E-state index contributed by atoms with van der Waals surface area (Å²) in [5.74, 6) is 0.909. The lowest BCUT2D eigenvalue weighted by atomic mass is 9.86. The number of carbonyl (C=O) groups is 1. The molecule has 1 heterocycles. The number of nitrogens with zero attached hydrogens (tertiary/aromatic N) is 1. The number of amides is 1. The van der Waals surface area contributed by atoms with Crippen molar-refractivity contribution in [2.45, 2.75) is 52.5 Å². The molecule has 1 aromatic heterocycles. The van der Waals surface area contributed by atoms with Crippen molar-refractivity contribution in [2.24, 2.45) is 5.41 Å². The molecule has 1 amide bonds. The van der Waals surface area contributed by atoms with E-state index in [1.54, 1.807) is 12.1 Å². The number of rotatable bonds is 12. The largest absolute Gasteiger partial charge is 0.508 e. The first-order valence-electron chi connectivity index (χ1n) is 13.6. The summed E-state index contributed by atoms with van der Waals surface area (Å²) in [4.78, 5) is 17.7. The Balaban J connectivity index is 1.30. The van der Waals surface area contributed by atoms with E-state index in [2.05, 4.69) is 35.6 Å². The molecule has 0 radical (unpaired) electrons. The van der Waals surface area contributed by atoms with Crippen LogP contribution in [0.15, 0.2) is 97.1 Å². The number of phenolic OH excluding ortho intramolecular Hbond substituents is 1. The molecule has 2 N–H and O–H groups in total. The average Bonchev–Trinajstić information content (AvgIpc) is 2.95. The van der Waals surface area contributed by atoms with Crippen molar-refractivity contribution >= 4 is 5.91 Å². The molecule has 0 aliphatic heterocycles. The van der Waals surface area contributed by atoms with Crippen molar-refractivity contribution in [1.29, 1.82) is 0 Å². The molecular weight excluding hydrogens is 484 g/mol. The Hall–Kier alpha value is -4.12. The van der Waals surface area contributed by atoms with Gasteiger partial charge < -0.3 is 15.2 Å². The number of ether oxygens (including phenoxy) is 1. The second-order valence-electron chi connectivity index (χ2n) is 10.7. The van der Waals surface area contributed by atoms with Crippen LogP contribution in [0.4, 0.5) is 0 Å². The van der Waals surface area contributed by atoms with Crippen LogP contribution in [-0.4, -0.2) is 28.6 Å². The predicted octanol–water partition coefficient (Wildman–Crippen LogP) is 7.44. The quantitative estimate of drug-likeness (QED) is 0.190. The van der Waals surface area contributed by atoms with E-state index < -0.39 is 5.41 Å². The fourth-order valence-corrected chi connectivity index (χ4v) is 4.55. The Morgan fingerprint density at radius 3 is 2.18 bits per heavy atom. The minimum absolute atomic E-state index is 0.00595. The van der Waals surface area contributed by atoms with E-state index >= 15 is 0 Å². The van der Waals surface area contributed by atoms with E-state index in [0.29, 0.717) is 12.5 Å². The number of nitrogens with one attached hydrogen (secondary N) is 1. The fraction of sp³-hybridized carbons (Fsp3) is 0.294. The standard InChI is InChI=1S/C34H38N2O3/c1-25(22-26-16-18-30(37)19-17-26)35-33(38)34(2,3)20-10-11-21-39-32-24-29(27-12-6-4-7-13-27)23-31(36-32)28-14-8-5-9-15-28/h4-9,12-19,23-25,37H,10-11,20-22H2,1-3H3,(H,35,38). The number of hydrogen-bond donors (Lipinski definition) is 2. The molecule has 1 unspecified atom stereocenters. The second-order valence-corrected chi connectivity index (χ2v) is 10.7. The van der Waals surface area contributed by atoms with Crippen molar-refractivity contribution in [2.75, 3.05) is 6.61 Å². The summed E-state index contributed by atoms with van der Waals surface area (Å²) in [5, 5.41) is 12.6. The molecule has 202 valence electrons. The van der Waals surface area contributed by atoms with Gasteiger partial charge in [-0.1, -0.05) is 86.6 Å². The van der Waals surface area contributed by atoms with Crippen LogP contribution in [0.5, 0.6) is 11.6 Å². The molecule has 4 rings (SSSR count). The van der Waals surface area contributed by atoms with Crippen LogP contribution in [-0.2, 0) is 11.2 Å². The normalized spacial score (nSPS) is 12.1. The maximum Gasteiger partial charge on any atom is 0.225 e. The number of hydrogen-bond acceptors (Lipinski definition) is 4. The van der Waals surface area contributed by atoms with Crippen LogP contribution in [0.1, 0.15) is 45.6 Å². The van der Waals surface area contributed by atoms with Gasteiger partial charge in [0.25, 0.3) is 0 Å².